The summed E-state index contributed by atoms with van der Waals surface area (Å²) in [5.41, 5.74) is 2.36. The minimum atomic E-state index is 0.0806. The Morgan fingerprint density at radius 3 is 2.91 bits per heavy atom. The predicted molar refractivity (Wildman–Crippen MR) is 80.7 cm³/mol. The van der Waals surface area contributed by atoms with Crippen molar-refractivity contribution >= 4 is 0 Å². The summed E-state index contributed by atoms with van der Waals surface area (Å²) in [6.07, 6.45) is 5.53. The maximum atomic E-state index is 5.66. The first kappa shape index (κ1) is 14.8. The van der Waals surface area contributed by atoms with Crippen molar-refractivity contribution in [2.75, 3.05) is 13.7 Å². The second-order valence-corrected chi connectivity index (χ2v) is 6.44. The first-order chi connectivity index (χ1) is 11.2. The van der Waals surface area contributed by atoms with Gasteiger partial charge in [-0.25, -0.2) is 0 Å². The highest BCUT2D eigenvalue weighted by molar-refractivity contribution is 5.25. The van der Waals surface area contributed by atoms with E-state index in [9.17, 15) is 0 Å². The van der Waals surface area contributed by atoms with Crippen LogP contribution in [0.4, 0.5) is 0 Å². The molecule has 0 saturated carbocycles. The van der Waals surface area contributed by atoms with Gasteiger partial charge in [0.05, 0.1) is 12.1 Å². The summed E-state index contributed by atoms with van der Waals surface area (Å²) in [6.45, 7) is 3.40. The molecule has 2 atom stereocenters. The zero-order valence-corrected chi connectivity index (χ0v) is 13.6. The van der Waals surface area contributed by atoms with Gasteiger partial charge in [0, 0.05) is 39.1 Å². The molecule has 7 nitrogen and oxygen atoms in total. The third-order valence-electron chi connectivity index (χ3n) is 4.91. The summed E-state index contributed by atoms with van der Waals surface area (Å²) in [7, 11) is 1.75. The highest BCUT2D eigenvalue weighted by atomic mass is 16.5. The number of methoxy groups -OCH3 is 1. The molecule has 124 valence electrons. The predicted octanol–water partition coefficient (Wildman–Crippen LogP) is 2.21. The largest absolute Gasteiger partial charge is 0.424 e. The molecule has 0 aromatic carbocycles. The SMILES string of the molecule is CO[C@@H]1C[C@H](c2nnc(C)o2)N(Cc2noc3c2CCCC3)C1. The molecule has 1 fully saturated rings. The third-order valence-corrected chi connectivity index (χ3v) is 4.91. The zero-order valence-electron chi connectivity index (χ0n) is 13.6. The van der Waals surface area contributed by atoms with Gasteiger partial charge in [0.1, 0.15) is 11.5 Å². The summed E-state index contributed by atoms with van der Waals surface area (Å²) < 4.78 is 16.8. The van der Waals surface area contributed by atoms with Gasteiger partial charge in [-0.1, -0.05) is 5.16 Å². The minimum Gasteiger partial charge on any atom is -0.424 e. The van der Waals surface area contributed by atoms with Crippen molar-refractivity contribution < 1.29 is 13.7 Å². The van der Waals surface area contributed by atoms with Crippen LogP contribution in [0.25, 0.3) is 0 Å². The summed E-state index contributed by atoms with van der Waals surface area (Å²) in [5.74, 6) is 2.33. The molecule has 2 aromatic rings. The van der Waals surface area contributed by atoms with E-state index in [0.717, 1.165) is 43.8 Å². The van der Waals surface area contributed by atoms with Gasteiger partial charge in [0.2, 0.25) is 11.8 Å². The van der Waals surface area contributed by atoms with Crippen molar-refractivity contribution in [3.8, 4) is 0 Å². The maximum Gasteiger partial charge on any atom is 0.233 e. The van der Waals surface area contributed by atoms with E-state index in [1.165, 1.54) is 18.4 Å². The van der Waals surface area contributed by atoms with E-state index in [-0.39, 0.29) is 12.1 Å². The Balaban J connectivity index is 1.57. The molecule has 0 amide bonds. The van der Waals surface area contributed by atoms with Gasteiger partial charge in [-0.3, -0.25) is 4.90 Å². The van der Waals surface area contributed by atoms with Crippen molar-refractivity contribution in [1.29, 1.82) is 0 Å². The van der Waals surface area contributed by atoms with Crippen LogP contribution in [0, 0.1) is 6.92 Å². The molecule has 3 heterocycles. The smallest absolute Gasteiger partial charge is 0.233 e. The molecule has 7 heteroatoms. The van der Waals surface area contributed by atoms with E-state index in [1.54, 1.807) is 7.11 Å². The Kier molecular flexibility index (Phi) is 3.90. The van der Waals surface area contributed by atoms with Crippen molar-refractivity contribution in [2.24, 2.45) is 0 Å². The number of likely N-dealkylation sites (tertiary alicyclic amines) is 1. The Bertz CT molecular complexity index is 681. The number of aromatic nitrogens is 3. The minimum absolute atomic E-state index is 0.0806. The topological polar surface area (TPSA) is 77.4 Å². The lowest BCUT2D eigenvalue weighted by atomic mass is 9.96. The number of nitrogens with zero attached hydrogens (tertiary/aromatic N) is 4. The standard InChI is InChI=1S/C16H22N4O3/c1-10-17-18-16(22-10)14-7-11(21-2)8-20(14)9-13-12-5-3-4-6-15(12)23-19-13/h11,14H,3-9H2,1-2H3/t11-,14-/m1/s1. The van der Waals surface area contributed by atoms with E-state index in [4.69, 9.17) is 13.7 Å². The van der Waals surface area contributed by atoms with Gasteiger partial charge in [-0.2, -0.15) is 0 Å². The third kappa shape index (κ3) is 2.79. The number of ether oxygens (including phenoxy) is 1. The van der Waals surface area contributed by atoms with Crippen LogP contribution in [0.15, 0.2) is 8.94 Å². The van der Waals surface area contributed by atoms with Crippen LogP contribution in [-0.4, -0.2) is 40.0 Å². The van der Waals surface area contributed by atoms with Crippen LogP contribution in [0.2, 0.25) is 0 Å². The average molecular weight is 318 g/mol. The van der Waals surface area contributed by atoms with Gasteiger partial charge in [0.25, 0.3) is 0 Å². The van der Waals surface area contributed by atoms with Crippen LogP contribution in [0.5, 0.6) is 0 Å². The number of hydrogen-bond donors (Lipinski definition) is 0. The van der Waals surface area contributed by atoms with Crippen LogP contribution in [0.1, 0.15) is 54.1 Å². The Hall–Kier alpha value is -1.73. The first-order valence-electron chi connectivity index (χ1n) is 8.27. The molecule has 2 aromatic heterocycles. The molecular formula is C16H22N4O3. The highest BCUT2D eigenvalue weighted by Crippen LogP contribution is 2.35. The molecule has 4 rings (SSSR count). The van der Waals surface area contributed by atoms with Crippen molar-refractivity contribution in [3.05, 3.63) is 28.8 Å². The Morgan fingerprint density at radius 1 is 1.26 bits per heavy atom. The van der Waals surface area contributed by atoms with Crippen molar-refractivity contribution in [3.63, 3.8) is 0 Å². The second kappa shape index (κ2) is 6.05. The summed E-state index contributed by atoms with van der Waals surface area (Å²) in [4.78, 5) is 2.31. The van der Waals surface area contributed by atoms with Crippen molar-refractivity contribution in [2.45, 2.75) is 57.7 Å². The molecule has 0 N–H and O–H groups in total. The molecule has 0 spiro atoms. The summed E-state index contributed by atoms with van der Waals surface area (Å²) in [6, 6.07) is 0.0806. The van der Waals surface area contributed by atoms with Crippen LogP contribution < -0.4 is 0 Å². The second-order valence-electron chi connectivity index (χ2n) is 6.44. The van der Waals surface area contributed by atoms with E-state index >= 15 is 0 Å². The molecule has 1 saturated heterocycles. The van der Waals surface area contributed by atoms with Crippen LogP contribution in [-0.2, 0) is 24.1 Å². The molecule has 2 aliphatic rings. The van der Waals surface area contributed by atoms with E-state index in [1.807, 2.05) is 6.92 Å². The fourth-order valence-electron chi connectivity index (χ4n) is 3.68. The first-order valence-corrected chi connectivity index (χ1v) is 8.27. The molecule has 0 unspecified atom stereocenters. The molecule has 23 heavy (non-hydrogen) atoms. The lowest BCUT2D eigenvalue weighted by Crippen LogP contribution is -2.25. The Morgan fingerprint density at radius 2 is 2.13 bits per heavy atom. The summed E-state index contributed by atoms with van der Waals surface area (Å²) >= 11 is 0. The van der Waals surface area contributed by atoms with Gasteiger partial charge in [-0.15, -0.1) is 10.2 Å². The summed E-state index contributed by atoms with van der Waals surface area (Å²) in [5, 5.41) is 12.5. The fraction of sp³-hybridized carbons (Fsp3) is 0.688. The van der Waals surface area contributed by atoms with Crippen LogP contribution in [0.3, 0.4) is 0 Å². The molecule has 0 bridgehead atoms. The average Bonchev–Trinajstić information content (AvgIpc) is 3.27. The quantitative estimate of drug-likeness (QED) is 0.855. The normalized spacial score (nSPS) is 25.0. The van der Waals surface area contributed by atoms with Crippen LogP contribution >= 0.6 is 0 Å². The van der Waals surface area contributed by atoms with Gasteiger partial charge in [-0.05, 0) is 25.7 Å². The highest BCUT2D eigenvalue weighted by Gasteiger charge is 2.37. The lowest BCUT2D eigenvalue weighted by molar-refractivity contribution is 0.107. The number of fused-ring (bicyclic) bond motifs is 1. The monoisotopic (exact) mass is 318 g/mol. The van der Waals surface area contributed by atoms with E-state index in [2.05, 4.69) is 20.3 Å². The van der Waals surface area contributed by atoms with E-state index < -0.39 is 0 Å². The maximum absolute atomic E-state index is 5.66. The number of rotatable bonds is 4. The van der Waals surface area contributed by atoms with Gasteiger partial charge >= 0.3 is 0 Å². The van der Waals surface area contributed by atoms with Gasteiger partial charge < -0.3 is 13.7 Å². The molecule has 1 aliphatic carbocycles. The molecule has 1 aliphatic heterocycles. The fourth-order valence-corrected chi connectivity index (χ4v) is 3.68. The zero-order chi connectivity index (χ0) is 15.8. The Labute approximate surface area is 135 Å². The van der Waals surface area contributed by atoms with Crippen molar-refractivity contribution in [1.82, 2.24) is 20.3 Å². The lowest BCUT2D eigenvalue weighted by Gasteiger charge is -2.21. The van der Waals surface area contributed by atoms with E-state index in [0.29, 0.717) is 11.8 Å². The number of aryl methyl sites for hydroxylation is 2. The number of hydrogen-bond acceptors (Lipinski definition) is 7. The van der Waals surface area contributed by atoms with Gasteiger partial charge in [0.15, 0.2) is 0 Å². The molecule has 0 radical (unpaired) electrons. The molecular weight excluding hydrogens is 296 g/mol.